The van der Waals surface area contributed by atoms with Gasteiger partial charge in [0.1, 0.15) is 0 Å². The number of halogens is 1. The van der Waals surface area contributed by atoms with Crippen molar-refractivity contribution in [2.45, 2.75) is 6.92 Å². The van der Waals surface area contributed by atoms with Gasteiger partial charge in [-0.2, -0.15) is 5.10 Å². The molecule has 0 radical (unpaired) electrons. The summed E-state index contributed by atoms with van der Waals surface area (Å²) in [5.41, 5.74) is 1.28. The maximum atomic E-state index is 10.4. The summed E-state index contributed by atoms with van der Waals surface area (Å²) in [5, 5.41) is 4.76. The summed E-state index contributed by atoms with van der Waals surface area (Å²) in [7, 11) is 0. The molecule has 0 saturated heterocycles. The van der Waals surface area contributed by atoms with Gasteiger partial charge < -0.3 is 0 Å². The molecule has 0 aliphatic rings. The molecule has 0 bridgehead atoms. The van der Waals surface area contributed by atoms with E-state index in [0.717, 1.165) is 12.0 Å². The fourth-order valence-corrected chi connectivity index (χ4v) is 1.29. The molecule has 0 unspecified atom stereocenters. The van der Waals surface area contributed by atoms with Gasteiger partial charge in [-0.3, -0.25) is 4.79 Å². The quantitative estimate of drug-likeness (QED) is 0.730. The lowest BCUT2D eigenvalue weighted by atomic mass is 10.3. The molecule has 5 heteroatoms. The van der Waals surface area contributed by atoms with Gasteiger partial charge in [0.2, 0.25) is 0 Å². The lowest BCUT2D eigenvalue weighted by Gasteiger charge is -1.98. The van der Waals surface area contributed by atoms with Crippen molar-refractivity contribution in [2.75, 3.05) is 0 Å². The Morgan fingerprint density at radius 3 is 2.73 bits per heavy atom. The third-order valence-electron chi connectivity index (χ3n) is 1.98. The Morgan fingerprint density at radius 1 is 1.47 bits per heavy atom. The molecule has 0 aliphatic carbocycles. The Bertz CT molecular complexity index is 470. The van der Waals surface area contributed by atoms with E-state index in [1.165, 1.54) is 6.20 Å². The molecule has 2 rings (SSSR count). The van der Waals surface area contributed by atoms with E-state index in [2.05, 4.69) is 10.1 Å². The molecular formula is C10H8ClN3O. The highest BCUT2D eigenvalue weighted by molar-refractivity contribution is 6.31. The Hall–Kier alpha value is -1.68. The molecule has 0 fully saturated rings. The summed E-state index contributed by atoms with van der Waals surface area (Å²) in [5.74, 6) is 0.635. The summed E-state index contributed by atoms with van der Waals surface area (Å²) >= 11 is 5.87. The van der Waals surface area contributed by atoms with Crippen molar-refractivity contribution >= 4 is 17.9 Å². The van der Waals surface area contributed by atoms with Gasteiger partial charge in [-0.25, -0.2) is 9.67 Å². The molecule has 0 atom stereocenters. The molecule has 0 aliphatic heterocycles. The molecule has 0 saturated carbocycles. The molecule has 0 spiro atoms. The van der Waals surface area contributed by atoms with Crippen LogP contribution in [0.15, 0.2) is 24.5 Å². The van der Waals surface area contributed by atoms with Crippen LogP contribution in [0.25, 0.3) is 5.82 Å². The van der Waals surface area contributed by atoms with Crippen molar-refractivity contribution in [3.63, 3.8) is 0 Å². The van der Waals surface area contributed by atoms with Crippen LogP contribution < -0.4 is 0 Å². The molecule has 2 aromatic rings. The van der Waals surface area contributed by atoms with Gasteiger partial charge in [-0.15, -0.1) is 0 Å². The molecule has 76 valence electrons. The number of nitrogens with zero attached hydrogens (tertiary/aromatic N) is 3. The Morgan fingerprint density at radius 2 is 2.27 bits per heavy atom. The maximum Gasteiger partial charge on any atom is 0.153 e. The molecular weight excluding hydrogens is 214 g/mol. The first-order valence-corrected chi connectivity index (χ1v) is 4.72. The fourth-order valence-electron chi connectivity index (χ4n) is 1.16. The fraction of sp³-hybridized carbons (Fsp3) is 0.100. The minimum absolute atomic E-state index is 0.536. The largest absolute Gasteiger partial charge is 0.298 e. The van der Waals surface area contributed by atoms with Crippen molar-refractivity contribution in [3.8, 4) is 5.82 Å². The first kappa shape index (κ1) is 9.86. The predicted octanol–water partition coefficient (Wildman–Crippen LogP) is 2.04. The molecule has 2 heterocycles. The lowest BCUT2D eigenvalue weighted by Crippen LogP contribution is -1.98. The average molecular weight is 222 g/mol. The van der Waals surface area contributed by atoms with E-state index in [4.69, 9.17) is 11.6 Å². The van der Waals surface area contributed by atoms with Crippen LogP contribution in [0.5, 0.6) is 0 Å². The third kappa shape index (κ3) is 1.89. The van der Waals surface area contributed by atoms with Gasteiger partial charge in [-0.05, 0) is 19.1 Å². The van der Waals surface area contributed by atoms with Gasteiger partial charge in [0.15, 0.2) is 12.1 Å². The molecule has 0 N–H and O–H groups in total. The second-order valence-corrected chi connectivity index (χ2v) is 3.48. The monoisotopic (exact) mass is 221 g/mol. The minimum atomic E-state index is 0.536. The number of carbonyl (C=O) groups excluding carboxylic acids is 1. The van der Waals surface area contributed by atoms with Crippen LogP contribution in [0.4, 0.5) is 0 Å². The zero-order valence-electron chi connectivity index (χ0n) is 8.01. The van der Waals surface area contributed by atoms with Gasteiger partial charge in [0, 0.05) is 11.8 Å². The van der Waals surface area contributed by atoms with E-state index in [1.807, 2.05) is 6.92 Å². The maximum absolute atomic E-state index is 10.4. The van der Waals surface area contributed by atoms with Crippen molar-refractivity contribution in [3.05, 3.63) is 40.8 Å². The van der Waals surface area contributed by atoms with E-state index in [0.29, 0.717) is 16.4 Å². The van der Waals surface area contributed by atoms with E-state index in [1.54, 1.807) is 23.0 Å². The van der Waals surface area contributed by atoms with E-state index in [9.17, 15) is 4.79 Å². The average Bonchev–Trinajstić information content (AvgIpc) is 2.59. The second kappa shape index (κ2) is 3.82. The zero-order chi connectivity index (χ0) is 10.8. The first-order valence-electron chi connectivity index (χ1n) is 4.34. The summed E-state index contributed by atoms with van der Waals surface area (Å²) in [6, 6.07) is 3.40. The summed E-state index contributed by atoms with van der Waals surface area (Å²) in [4.78, 5) is 14.5. The second-order valence-electron chi connectivity index (χ2n) is 3.07. The Balaban J connectivity index is 2.41. The minimum Gasteiger partial charge on any atom is -0.298 e. The molecule has 15 heavy (non-hydrogen) atoms. The zero-order valence-corrected chi connectivity index (χ0v) is 8.77. The van der Waals surface area contributed by atoms with Gasteiger partial charge in [-0.1, -0.05) is 11.6 Å². The summed E-state index contributed by atoms with van der Waals surface area (Å²) < 4.78 is 1.58. The molecule has 0 amide bonds. The number of pyridine rings is 1. The van der Waals surface area contributed by atoms with E-state index in [-0.39, 0.29) is 0 Å². The molecule has 4 nitrogen and oxygen atoms in total. The van der Waals surface area contributed by atoms with Crippen LogP contribution in [0.1, 0.15) is 16.1 Å². The van der Waals surface area contributed by atoms with Crippen LogP contribution in [-0.2, 0) is 0 Å². The SMILES string of the molecule is Cc1nn(-c2ccc(C=O)cn2)cc1Cl. The van der Waals surface area contributed by atoms with E-state index < -0.39 is 0 Å². The number of aromatic nitrogens is 3. The molecule has 0 aromatic carbocycles. The van der Waals surface area contributed by atoms with Gasteiger partial charge >= 0.3 is 0 Å². The number of aryl methyl sites for hydroxylation is 1. The van der Waals surface area contributed by atoms with Crippen molar-refractivity contribution in [1.29, 1.82) is 0 Å². The standard InChI is InChI=1S/C10H8ClN3O/c1-7-9(11)5-14(13-7)10-3-2-8(6-15)4-12-10/h2-6H,1H3. The first-order chi connectivity index (χ1) is 7.20. The van der Waals surface area contributed by atoms with Crippen molar-refractivity contribution in [2.24, 2.45) is 0 Å². The number of aldehydes is 1. The van der Waals surface area contributed by atoms with Crippen LogP contribution >= 0.6 is 11.6 Å². The van der Waals surface area contributed by atoms with Gasteiger partial charge in [0.05, 0.1) is 16.9 Å². The topological polar surface area (TPSA) is 47.8 Å². The number of rotatable bonds is 2. The summed E-state index contributed by atoms with van der Waals surface area (Å²) in [6.07, 6.45) is 3.92. The predicted molar refractivity (Wildman–Crippen MR) is 56.5 cm³/mol. The highest BCUT2D eigenvalue weighted by Crippen LogP contribution is 2.14. The molecule has 2 aromatic heterocycles. The summed E-state index contributed by atoms with van der Waals surface area (Å²) in [6.45, 7) is 1.82. The highest BCUT2D eigenvalue weighted by atomic mass is 35.5. The van der Waals surface area contributed by atoms with Gasteiger partial charge in [0.25, 0.3) is 0 Å². The van der Waals surface area contributed by atoms with Crippen LogP contribution in [0.2, 0.25) is 5.02 Å². The van der Waals surface area contributed by atoms with Crippen molar-refractivity contribution < 1.29 is 4.79 Å². The van der Waals surface area contributed by atoms with E-state index >= 15 is 0 Å². The number of hydrogen-bond donors (Lipinski definition) is 0. The van der Waals surface area contributed by atoms with Crippen LogP contribution in [-0.4, -0.2) is 21.1 Å². The normalized spacial score (nSPS) is 10.3. The van der Waals surface area contributed by atoms with Crippen molar-refractivity contribution in [1.82, 2.24) is 14.8 Å². The van der Waals surface area contributed by atoms with Crippen LogP contribution in [0, 0.1) is 6.92 Å². The number of hydrogen-bond acceptors (Lipinski definition) is 3. The third-order valence-corrected chi connectivity index (χ3v) is 2.35. The van der Waals surface area contributed by atoms with Crippen LogP contribution in [0.3, 0.4) is 0 Å². The lowest BCUT2D eigenvalue weighted by molar-refractivity contribution is 0.112. The highest BCUT2D eigenvalue weighted by Gasteiger charge is 2.04. The smallest absolute Gasteiger partial charge is 0.153 e. The Kier molecular flexibility index (Phi) is 2.51. The number of carbonyl (C=O) groups is 1. The Labute approximate surface area is 91.5 Å².